The van der Waals surface area contributed by atoms with Crippen molar-refractivity contribution in [1.82, 2.24) is 5.32 Å². The number of hydrogen-bond donors (Lipinski definition) is 1. The molecule has 3 rings (SSSR count). The second kappa shape index (κ2) is 6.20. The van der Waals surface area contributed by atoms with E-state index in [2.05, 4.69) is 5.32 Å². The molecule has 4 nitrogen and oxygen atoms in total. The van der Waals surface area contributed by atoms with Crippen LogP contribution >= 0.6 is 0 Å². The Hall–Kier alpha value is -2.69. The number of nitrogens with zero attached hydrogens (tertiary/aromatic N) is 1. The average molecular weight is 312 g/mol. The topological polar surface area (TPSA) is 49.4 Å². The minimum Gasteiger partial charge on any atom is -0.347 e. The minimum absolute atomic E-state index is 0.0779. The third kappa shape index (κ3) is 3.39. The Morgan fingerprint density at radius 1 is 1.13 bits per heavy atom. The van der Waals surface area contributed by atoms with Crippen LogP contribution in [-0.4, -0.2) is 24.4 Å². The first-order valence-electron chi connectivity index (χ1n) is 7.46. The Balaban J connectivity index is 1.66. The summed E-state index contributed by atoms with van der Waals surface area (Å²) < 4.78 is 13.0. The zero-order chi connectivity index (χ0) is 16.4. The van der Waals surface area contributed by atoms with Crippen LogP contribution in [0.3, 0.4) is 0 Å². The molecule has 0 saturated carbocycles. The molecule has 0 aliphatic carbocycles. The molecule has 0 radical (unpaired) electrons. The van der Waals surface area contributed by atoms with Gasteiger partial charge < -0.3 is 10.2 Å². The molecule has 1 aliphatic rings. The Labute approximate surface area is 133 Å². The summed E-state index contributed by atoms with van der Waals surface area (Å²) >= 11 is 0. The van der Waals surface area contributed by atoms with Gasteiger partial charge in [-0.25, -0.2) is 4.39 Å². The molecular formula is C18H17FN2O2. The third-order valence-corrected chi connectivity index (χ3v) is 3.91. The highest BCUT2D eigenvalue weighted by Gasteiger charge is 2.31. The van der Waals surface area contributed by atoms with E-state index in [0.29, 0.717) is 17.8 Å². The van der Waals surface area contributed by atoms with Gasteiger partial charge in [0.2, 0.25) is 5.91 Å². The van der Waals surface area contributed by atoms with E-state index in [4.69, 9.17) is 0 Å². The van der Waals surface area contributed by atoms with Gasteiger partial charge in [0.05, 0.1) is 6.04 Å². The van der Waals surface area contributed by atoms with Crippen molar-refractivity contribution in [2.75, 3.05) is 11.4 Å². The van der Waals surface area contributed by atoms with E-state index in [1.807, 2.05) is 19.1 Å². The molecule has 1 N–H and O–H groups in total. The number of halogens is 1. The monoisotopic (exact) mass is 312 g/mol. The molecule has 1 saturated heterocycles. The molecular weight excluding hydrogens is 295 g/mol. The van der Waals surface area contributed by atoms with Crippen LogP contribution in [0.25, 0.3) is 0 Å². The van der Waals surface area contributed by atoms with Crippen LogP contribution in [0.4, 0.5) is 10.1 Å². The van der Waals surface area contributed by atoms with Crippen LogP contribution in [0.15, 0.2) is 48.5 Å². The van der Waals surface area contributed by atoms with Crippen molar-refractivity contribution in [2.45, 2.75) is 19.4 Å². The number of nitrogens with one attached hydrogen (secondary N) is 1. The average Bonchev–Trinajstić information content (AvgIpc) is 2.89. The molecule has 2 amide bonds. The lowest BCUT2D eigenvalue weighted by atomic mass is 10.1. The van der Waals surface area contributed by atoms with E-state index >= 15 is 0 Å². The third-order valence-electron chi connectivity index (χ3n) is 3.91. The quantitative estimate of drug-likeness (QED) is 0.947. The zero-order valence-electron chi connectivity index (χ0n) is 12.8. The van der Waals surface area contributed by atoms with Gasteiger partial charge in [-0.3, -0.25) is 9.59 Å². The Morgan fingerprint density at radius 3 is 2.43 bits per heavy atom. The van der Waals surface area contributed by atoms with Gasteiger partial charge in [-0.2, -0.15) is 0 Å². The van der Waals surface area contributed by atoms with Gasteiger partial charge in [-0.15, -0.1) is 0 Å². The second-order valence-corrected chi connectivity index (χ2v) is 5.72. The molecule has 118 valence electrons. The highest BCUT2D eigenvalue weighted by atomic mass is 19.1. The number of hydrogen-bond acceptors (Lipinski definition) is 2. The Bertz CT molecular complexity index is 726. The van der Waals surface area contributed by atoms with E-state index in [9.17, 15) is 14.0 Å². The largest absolute Gasteiger partial charge is 0.347 e. The molecule has 0 unspecified atom stereocenters. The van der Waals surface area contributed by atoms with Crippen molar-refractivity contribution in [1.29, 1.82) is 0 Å². The predicted molar refractivity (Wildman–Crippen MR) is 85.8 cm³/mol. The van der Waals surface area contributed by atoms with Crippen molar-refractivity contribution in [3.05, 3.63) is 65.5 Å². The van der Waals surface area contributed by atoms with E-state index < -0.39 is 0 Å². The maximum absolute atomic E-state index is 13.0. The first-order valence-corrected chi connectivity index (χ1v) is 7.46. The summed E-state index contributed by atoms with van der Waals surface area (Å²) in [5.41, 5.74) is 2.30. The van der Waals surface area contributed by atoms with Gasteiger partial charge >= 0.3 is 0 Å². The Morgan fingerprint density at radius 2 is 1.78 bits per heavy atom. The minimum atomic E-state index is -0.343. The first kappa shape index (κ1) is 15.2. The van der Waals surface area contributed by atoms with Gasteiger partial charge in [0.25, 0.3) is 5.91 Å². The SMILES string of the molecule is Cc1ccc(C(=O)N[C@H]2CC(=O)N(c3ccc(F)cc3)C2)cc1. The lowest BCUT2D eigenvalue weighted by molar-refractivity contribution is -0.117. The van der Waals surface area contributed by atoms with Crippen LogP contribution < -0.4 is 10.2 Å². The fourth-order valence-corrected chi connectivity index (χ4v) is 2.65. The van der Waals surface area contributed by atoms with Crippen LogP contribution in [-0.2, 0) is 4.79 Å². The Kier molecular flexibility index (Phi) is 4.10. The summed E-state index contributed by atoms with van der Waals surface area (Å²) in [4.78, 5) is 25.9. The molecule has 5 heteroatoms. The van der Waals surface area contributed by atoms with E-state index in [-0.39, 0.29) is 30.1 Å². The molecule has 0 aromatic heterocycles. The van der Waals surface area contributed by atoms with Crippen LogP contribution in [0.5, 0.6) is 0 Å². The van der Waals surface area contributed by atoms with Gasteiger partial charge in [-0.05, 0) is 43.3 Å². The standard InChI is InChI=1S/C18H17FN2O2/c1-12-2-4-13(5-3-12)18(23)20-15-10-17(22)21(11-15)16-8-6-14(19)7-9-16/h2-9,15H,10-11H2,1H3,(H,20,23)/t15-/m0/s1. The van der Waals surface area contributed by atoms with E-state index in [1.165, 1.54) is 12.1 Å². The lowest BCUT2D eigenvalue weighted by Gasteiger charge is -2.17. The number of benzene rings is 2. The lowest BCUT2D eigenvalue weighted by Crippen LogP contribution is -2.37. The van der Waals surface area contributed by atoms with Crippen molar-refractivity contribution in [3.8, 4) is 0 Å². The molecule has 23 heavy (non-hydrogen) atoms. The predicted octanol–water partition coefficient (Wildman–Crippen LogP) is 2.67. The normalized spacial score (nSPS) is 17.4. The summed E-state index contributed by atoms with van der Waals surface area (Å²) in [6, 6.07) is 12.8. The highest BCUT2D eigenvalue weighted by molar-refractivity contribution is 5.98. The summed E-state index contributed by atoms with van der Waals surface area (Å²) in [7, 11) is 0. The van der Waals surface area contributed by atoms with E-state index in [0.717, 1.165) is 5.56 Å². The summed E-state index contributed by atoms with van der Waals surface area (Å²) in [5.74, 6) is -0.612. The van der Waals surface area contributed by atoms with Crippen LogP contribution in [0.1, 0.15) is 22.3 Å². The van der Waals surface area contributed by atoms with Crippen molar-refractivity contribution in [2.24, 2.45) is 0 Å². The van der Waals surface area contributed by atoms with Gasteiger partial charge in [-0.1, -0.05) is 17.7 Å². The summed E-state index contributed by atoms with van der Waals surface area (Å²) in [6.45, 7) is 2.35. The van der Waals surface area contributed by atoms with Gasteiger partial charge in [0.1, 0.15) is 5.82 Å². The van der Waals surface area contributed by atoms with Crippen LogP contribution in [0.2, 0.25) is 0 Å². The second-order valence-electron chi connectivity index (χ2n) is 5.72. The van der Waals surface area contributed by atoms with Crippen molar-refractivity contribution < 1.29 is 14.0 Å². The maximum atomic E-state index is 13.0. The summed E-state index contributed by atoms with van der Waals surface area (Å²) in [6.07, 6.45) is 0.245. The number of carbonyl (C=O) groups excluding carboxylic acids is 2. The molecule has 1 aliphatic heterocycles. The first-order chi connectivity index (χ1) is 11.0. The molecule has 2 aromatic carbocycles. The van der Waals surface area contributed by atoms with Crippen molar-refractivity contribution >= 4 is 17.5 Å². The highest BCUT2D eigenvalue weighted by Crippen LogP contribution is 2.22. The smallest absolute Gasteiger partial charge is 0.251 e. The molecule has 1 fully saturated rings. The molecule has 1 atom stereocenters. The van der Waals surface area contributed by atoms with E-state index in [1.54, 1.807) is 29.2 Å². The maximum Gasteiger partial charge on any atom is 0.251 e. The molecule has 1 heterocycles. The fourth-order valence-electron chi connectivity index (χ4n) is 2.65. The number of rotatable bonds is 3. The fraction of sp³-hybridized carbons (Fsp3) is 0.222. The number of carbonyl (C=O) groups is 2. The van der Waals surface area contributed by atoms with Crippen LogP contribution in [0, 0.1) is 12.7 Å². The molecule has 0 bridgehead atoms. The van der Waals surface area contributed by atoms with Crippen molar-refractivity contribution in [3.63, 3.8) is 0 Å². The molecule has 2 aromatic rings. The zero-order valence-corrected chi connectivity index (χ0v) is 12.8. The number of amides is 2. The molecule has 0 spiro atoms. The number of aryl methyl sites for hydroxylation is 1. The van der Waals surface area contributed by atoms with Gasteiger partial charge in [0.15, 0.2) is 0 Å². The van der Waals surface area contributed by atoms with Gasteiger partial charge in [0, 0.05) is 24.2 Å². The number of anilines is 1. The summed E-state index contributed by atoms with van der Waals surface area (Å²) in [5, 5.41) is 2.88.